The zero-order valence-electron chi connectivity index (χ0n) is 14.3. The Morgan fingerprint density at radius 3 is 2.52 bits per heavy atom. The molecule has 0 amide bonds. The maximum atomic E-state index is 5.98. The lowest BCUT2D eigenvalue weighted by Crippen LogP contribution is -2.26. The zero-order chi connectivity index (χ0) is 15.7. The van der Waals surface area contributed by atoms with Crippen LogP contribution in [0.1, 0.15) is 52.5 Å². The highest BCUT2D eigenvalue weighted by Crippen LogP contribution is 2.31. The average molecular weight is 293 g/mol. The first-order valence-electron chi connectivity index (χ1n) is 7.97. The number of hydrogen-bond donors (Lipinski definition) is 1. The summed E-state index contributed by atoms with van der Waals surface area (Å²) in [6, 6.07) is 6.08. The van der Waals surface area contributed by atoms with Crippen molar-refractivity contribution >= 4 is 0 Å². The molecule has 0 aliphatic heterocycles. The van der Waals surface area contributed by atoms with Crippen molar-refractivity contribution in [3.63, 3.8) is 0 Å². The van der Waals surface area contributed by atoms with E-state index in [9.17, 15) is 0 Å². The Balaban J connectivity index is 2.68. The molecule has 0 atom stereocenters. The molecule has 0 aliphatic rings. The van der Waals surface area contributed by atoms with Crippen LogP contribution in [-0.2, 0) is 6.54 Å². The van der Waals surface area contributed by atoms with Crippen molar-refractivity contribution in [2.75, 3.05) is 20.3 Å². The summed E-state index contributed by atoms with van der Waals surface area (Å²) >= 11 is 0. The maximum absolute atomic E-state index is 5.98. The van der Waals surface area contributed by atoms with E-state index in [1.165, 1.54) is 12.8 Å². The van der Waals surface area contributed by atoms with Gasteiger partial charge in [0.25, 0.3) is 0 Å². The summed E-state index contributed by atoms with van der Waals surface area (Å²) in [5.74, 6) is 1.71. The lowest BCUT2D eigenvalue weighted by Gasteiger charge is -2.20. The molecular formula is C18H31NO2. The minimum atomic E-state index is 0.279. The van der Waals surface area contributed by atoms with E-state index in [1.807, 2.05) is 12.1 Å². The second-order valence-electron chi connectivity index (χ2n) is 6.67. The SMILES string of the molecule is CCCCCOc1c(CNCC(C)(C)C)cccc1OC. The van der Waals surface area contributed by atoms with Crippen LogP contribution in [0, 0.1) is 5.41 Å². The van der Waals surface area contributed by atoms with Crippen LogP contribution in [0.5, 0.6) is 11.5 Å². The number of nitrogens with one attached hydrogen (secondary N) is 1. The average Bonchev–Trinajstić information content (AvgIpc) is 2.43. The van der Waals surface area contributed by atoms with Crippen molar-refractivity contribution in [1.82, 2.24) is 5.32 Å². The maximum Gasteiger partial charge on any atom is 0.165 e. The fourth-order valence-corrected chi connectivity index (χ4v) is 2.12. The van der Waals surface area contributed by atoms with Crippen LogP contribution >= 0.6 is 0 Å². The second kappa shape index (κ2) is 8.93. The number of ether oxygens (including phenoxy) is 2. The summed E-state index contributed by atoms with van der Waals surface area (Å²) < 4.78 is 11.4. The molecule has 0 fully saturated rings. The number of rotatable bonds is 9. The minimum absolute atomic E-state index is 0.279. The van der Waals surface area contributed by atoms with E-state index in [-0.39, 0.29) is 5.41 Å². The fourth-order valence-electron chi connectivity index (χ4n) is 2.12. The standard InChI is InChI=1S/C18H31NO2/c1-6-7-8-12-21-17-15(10-9-11-16(17)20-5)13-19-14-18(2,3)4/h9-11,19H,6-8,12-14H2,1-5H3. The van der Waals surface area contributed by atoms with Crippen LogP contribution in [0.3, 0.4) is 0 Å². The van der Waals surface area contributed by atoms with E-state index in [2.05, 4.69) is 39.1 Å². The third-order valence-corrected chi connectivity index (χ3v) is 3.25. The van der Waals surface area contributed by atoms with E-state index in [0.717, 1.165) is 43.2 Å². The summed E-state index contributed by atoms with van der Waals surface area (Å²) in [4.78, 5) is 0. The van der Waals surface area contributed by atoms with Gasteiger partial charge < -0.3 is 14.8 Å². The Bertz CT molecular complexity index is 410. The van der Waals surface area contributed by atoms with Crippen LogP contribution in [-0.4, -0.2) is 20.3 Å². The summed E-state index contributed by atoms with van der Waals surface area (Å²) in [5, 5.41) is 3.50. The molecule has 0 saturated heterocycles. The fraction of sp³-hybridized carbons (Fsp3) is 0.667. The highest BCUT2D eigenvalue weighted by atomic mass is 16.5. The molecule has 0 aromatic heterocycles. The van der Waals surface area contributed by atoms with Gasteiger partial charge in [0.05, 0.1) is 13.7 Å². The van der Waals surface area contributed by atoms with Gasteiger partial charge in [0.1, 0.15) is 0 Å². The number of unbranched alkanes of at least 4 members (excludes halogenated alkanes) is 2. The van der Waals surface area contributed by atoms with Gasteiger partial charge in [0.15, 0.2) is 11.5 Å². The molecule has 0 radical (unpaired) electrons. The predicted octanol–water partition coefficient (Wildman–Crippen LogP) is 4.40. The molecule has 1 aromatic carbocycles. The van der Waals surface area contributed by atoms with Crippen LogP contribution in [0.2, 0.25) is 0 Å². The molecule has 3 nitrogen and oxygen atoms in total. The molecule has 21 heavy (non-hydrogen) atoms. The van der Waals surface area contributed by atoms with Gasteiger partial charge >= 0.3 is 0 Å². The van der Waals surface area contributed by atoms with Gasteiger partial charge in [0, 0.05) is 18.7 Å². The Morgan fingerprint density at radius 1 is 1.14 bits per heavy atom. The van der Waals surface area contributed by atoms with Crippen molar-refractivity contribution < 1.29 is 9.47 Å². The smallest absolute Gasteiger partial charge is 0.165 e. The lowest BCUT2D eigenvalue weighted by atomic mass is 9.97. The third-order valence-electron chi connectivity index (χ3n) is 3.25. The first-order valence-corrected chi connectivity index (χ1v) is 7.97. The molecule has 1 rings (SSSR count). The van der Waals surface area contributed by atoms with E-state index in [4.69, 9.17) is 9.47 Å². The Labute approximate surface area is 130 Å². The summed E-state index contributed by atoms with van der Waals surface area (Å²) in [6.07, 6.45) is 3.49. The third kappa shape index (κ3) is 6.85. The van der Waals surface area contributed by atoms with Crippen molar-refractivity contribution in [2.45, 2.75) is 53.5 Å². The Kier molecular flexibility index (Phi) is 7.58. The Hall–Kier alpha value is -1.22. The quantitative estimate of drug-likeness (QED) is 0.685. The molecule has 0 aliphatic carbocycles. The molecule has 1 aromatic rings. The van der Waals surface area contributed by atoms with Crippen LogP contribution in [0.25, 0.3) is 0 Å². The van der Waals surface area contributed by atoms with Gasteiger partial charge in [-0.15, -0.1) is 0 Å². The molecule has 0 unspecified atom stereocenters. The molecule has 0 bridgehead atoms. The summed E-state index contributed by atoms with van der Waals surface area (Å²) in [7, 11) is 1.70. The highest BCUT2D eigenvalue weighted by Gasteiger charge is 2.13. The van der Waals surface area contributed by atoms with Gasteiger partial charge in [0.2, 0.25) is 0 Å². The first-order chi connectivity index (χ1) is 9.98. The number of benzene rings is 1. The Morgan fingerprint density at radius 2 is 1.90 bits per heavy atom. The second-order valence-corrected chi connectivity index (χ2v) is 6.67. The topological polar surface area (TPSA) is 30.5 Å². The number of hydrogen-bond acceptors (Lipinski definition) is 3. The first kappa shape index (κ1) is 17.8. The van der Waals surface area contributed by atoms with Gasteiger partial charge in [-0.05, 0) is 17.9 Å². The molecule has 0 spiro atoms. The van der Waals surface area contributed by atoms with E-state index in [1.54, 1.807) is 7.11 Å². The molecule has 0 saturated carbocycles. The van der Waals surface area contributed by atoms with Crippen molar-refractivity contribution in [3.05, 3.63) is 23.8 Å². The summed E-state index contributed by atoms with van der Waals surface area (Å²) in [6.45, 7) is 11.4. The largest absolute Gasteiger partial charge is 0.493 e. The molecular weight excluding hydrogens is 262 g/mol. The number of para-hydroxylation sites is 1. The predicted molar refractivity (Wildman–Crippen MR) is 89.2 cm³/mol. The van der Waals surface area contributed by atoms with Gasteiger partial charge in [-0.3, -0.25) is 0 Å². The highest BCUT2D eigenvalue weighted by molar-refractivity contribution is 5.46. The van der Waals surface area contributed by atoms with Crippen LogP contribution < -0.4 is 14.8 Å². The van der Waals surface area contributed by atoms with Gasteiger partial charge in [-0.1, -0.05) is 52.7 Å². The lowest BCUT2D eigenvalue weighted by molar-refractivity contribution is 0.281. The van der Waals surface area contributed by atoms with Gasteiger partial charge in [-0.25, -0.2) is 0 Å². The van der Waals surface area contributed by atoms with E-state index < -0.39 is 0 Å². The van der Waals surface area contributed by atoms with Gasteiger partial charge in [-0.2, -0.15) is 0 Å². The zero-order valence-corrected chi connectivity index (χ0v) is 14.3. The van der Waals surface area contributed by atoms with E-state index >= 15 is 0 Å². The van der Waals surface area contributed by atoms with E-state index in [0.29, 0.717) is 0 Å². The molecule has 0 heterocycles. The molecule has 120 valence electrons. The summed E-state index contributed by atoms with van der Waals surface area (Å²) in [5.41, 5.74) is 1.44. The van der Waals surface area contributed by atoms with Crippen LogP contribution in [0.4, 0.5) is 0 Å². The normalized spacial score (nSPS) is 11.5. The monoisotopic (exact) mass is 293 g/mol. The minimum Gasteiger partial charge on any atom is -0.493 e. The van der Waals surface area contributed by atoms with Crippen molar-refractivity contribution in [2.24, 2.45) is 5.41 Å². The molecule has 3 heteroatoms. The van der Waals surface area contributed by atoms with Crippen molar-refractivity contribution in [3.8, 4) is 11.5 Å². The number of methoxy groups -OCH3 is 1. The molecule has 1 N–H and O–H groups in total. The van der Waals surface area contributed by atoms with Crippen LogP contribution in [0.15, 0.2) is 18.2 Å². The van der Waals surface area contributed by atoms with Crippen molar-refractivity contribution in [1.29, 1.82) is 0 Å².